The van der Waals surface area contributed by atoms with Gasteiger partial charge in [-0.2, -0.15) is 0 Å². The zero-order valence-electron chi connectivity index (χ0n) is 10.1. The molecule has 1 nitrogen and oxygen atoms in total. The molecule has 2 rings (SSSR count). The van der Waals surface area contributed by atoms with Crippen molar-refractivity contribution in [1.82, 2.24) is 0 Å². The van der Waals surface area contributed by atoms with Gasteiger partial charge in [0.1, 0.15) is 17.5 Å². The van der Waals surface area contributed by atoms with Crippen LogP contribution in [-0.2, 0) is 6.42 Å². The summed E-state index contributed by atoms with van der Waals surface area (Å²) in [5.41, 5.74) is 5.74. The highest BCUT2D eigenvalue weighted by Gasteiger charge is 2.20. The lowest BCUT2D eigenvalue weighted by molar-refractivity contribution is 0.517. The molecule has 6 heteroatoms. The van der Waals surface area contributed by atoms with Crippen LogP contribution in [0.25, 0.3) is 0 Å². The number of benzene rings is 2. The second-order valence-electron chi connectivity index (χ2n) is 4.31. The molecule has 2 aromatic carbocycles. The Labute approximate surface area is 127 Å². The number of hydrogen-bond donors (Lipinski definition) is 1. The van der Waals surface area contributed by atoms with Crippen molar-refractivity contribution in [3.63, 3.8) is 0 Å². The van der Waals surface area contributed by atoms with Gasteiger partial charge in [-0.25, -0.2) is 13.2 Å². The first-order valence-corrected chi connectivity index (χ1v) is 6.90. The van der Waals surface area contributed by atoms with Crippen LogP contribution in [0, 0.1) is 17.5 Å². The monoisotopic (exact) mass is 363 g/mol. The van der Waals surface area contributed by atoms with Gasteiger partial charge in [-0.1, -0.05) is 39.7 Å². The van der Waals surface area contributed by atoms with Gasteiger partial charge in [0.15, 0.2) is 0 Å². The summed E-state index contributed by atoms with van der Waals surface area (Å²) in [7, 11) is 0. The second kappa shape index (κ2) is 6.16. The molecule has 0 fully saturated rings. The molecule has 0 aliphatic carbocycles. The standard InChI is InChI=1S/C14H10BrClF3N/c15-8-5-10(17)13(11(18)6-8)12(20)4-7-2-1-3-9(16)14(7)19/h1-3,5-6,12H,4,20H2. The predicted molar refractivity (Wildman–Crippen MR) is 76.1 cm³/mol. The smallest absolute Gasteiger partial charge is 0.145 e. The first-order valence-electron chi connectivity index (χ1n) is 5.73. The molecule has 0 radical (unpaired) electrons. The summed E-state index contributed by atoms with van der Waals surface area (Å²) in [5.74, 6) is -2.17. The van der Waals surface area contributed by atoms with Gasteiger partial charge in [-0.3, -0.25) is 0 Å². The maximum Gasteiger partial charge on any atom is 0.145 e. The molecular formula is C14H10BrClF3N. The van der Waals surface area contributed by atoms with Crippen molar-refractivity contribution in [1.29, 1.82) is 0 Å². The Bertz CT molecular complexity index is 625. The lowest BCUT2D eigenvalue weighted by Gasteiger charge is -2.15. The van der Waals surface area contributed by atoms with Gasteiger partial charge in [0.25, 0.3) is 0 Å². The van der Waals surface area contributed by atoms with E-state index in [2.05, 4.69) is 15.9 Å². The van der Waals surface area contributed by atoms with Crippen LogP contribution < -0.4 is 5.73 Å². The zero-order valence-corrected chi connectivity index (χ0v) is 12.5. The van der Waals surface area contributed by atoms with Crippen LogP contribution in [0.2, 0.25) is 5.02 Å². The van der Waals surface area contributed by atoms with E-state index in [9.17, 15) is 13.2 Å². The van der Waals surface area contributed by atoms with Gasteiger partial charge in [-0.05, 0) is 30.2 Å². The third kappa shape index (κ3) is 3.16. The molecule has 0 heterocycles. The Balaban J connectivity index is 2.33. The number of rotatable bonds is 3. The van der Waals surface area contributed by atoms with Crippen molar-refractivity contribution in [2.75, 3.05) is 0 Å². The fraction of sp³-hybridized carbons (Fsp3) is 0.143. The highest BCUT2D eigenvalue weighted by molar-refractivity contribution is 9.10. The number of nitrogens with two attached hydrogens (primary N) is 1. The van der Waals surface area contributed by atoms with Crippen molar-refractivity contribution in [3.8, 4) is 0 Å². The molecule has 1 atom stereocenters. The SMILES string of the molecule is NC(Cc1cccc(Cl)c1F)c1c(F)cc(Br)cc1F. The van der Waals surface area contributed by atoms with E-state index >= 15 is 0 Å². The lowest BCUT2D eigenvalue weighted by atomic mass is 9.98. The van der Waals surface area contributed by atoms with Crippen molar-refractivity contribution < 1.29 is 13.2 Å². The first-order chi connectivity index (χ1) is 9.40. The lowest BCUT2D eigenvalue weighted by Crippen LogP contribution is -2.17. The Morgan fingerprint density at radius 2 is 1.75 bits per heavy atom. The van der Waals surface area contributed by atoms with Crippen molar-refractivity contribution >= 4 is 27.5 Å². The first kappa shape index (κ1) is 15.4. The van der Waals surface area contributed by atoms with E-state index in [1.54, 1.807) is 6.07 Å². The second-order valence-corrected chi connectivity index (χ2v) is 5.63. The van der Waals surface area contributed by atoms with E-state index in [4.69, 9.17) is 17.3 Å². The zero-order chi connectivity index (χ0) is 14.9. The third-order valence-electron chi connectivity index (χ3n) is 2.89. The minimum absolute atomic E-state index is 0.0496. The van der Waals surface area contributed by atoms with Crippen molar-refractivity contribution in [2.24, 2.45) is 5.73 Å². The summed E-state index contributed by atoms with van der Waals surface area (Å²) < 4.78 is 41.6. The van der Waals surface area contributed by atoms with E-state index in [-0.39, 0.29) is 27.0 Å². The molecule has 1 unspecified atom stereocenters. The minimum Gasteiger partial charge on any atom is -0.323 e. The largest absolute Gasteiger partial charge is 0.323 e. The Kier molecular flexibility index (Phi) is 4.73. The summed E-state index contributed by atoms with van der Waals surface area (Å²) in [6.07, 6.45) is -0.0537. The molecule has 0 aromatic heterocycles. The number of halogens is 5. The Hall–Kier alpha value is -1.04. The van der Waals surface area contributed by atoms with Crippen molar-refractivity contribution in [2.45, 2.75) is 12.5 Å². The van der Waals surface area contributed by atoms with Crippen LogP contribution in [-0.4, -0.2) is 0 Å². The quantitative estimate of drug-likeness (QED) is 0.835. The fourth-order valence-electron chi connectivity index (χ4n) is 1.95. The summed E-state index contributed by atoms with van der Waals surface area (Å²) in [6, 6.07) is 5.67. The maximum absolute atomic E-state index is 13.8. The summed E-state index contributed by atoms with van der Waals surface area (Å²) in [6.45, 7) is 0. The van der Waals surface area contributed by atoms with Crippen LogP contribution in [0.3, 0.4) is 0 Å². The van der Waals surface area contributed by atoms with Gasteiger partial charge >= 0.3 is 0 Å². The van der Waals surface area contributed by atoms with Crippen molar-refractivity contribution in [3.05, 3.63) is 68.4 Å². The van der Waals surface area contributed by atoms with Gasteiger partial charge < -0.3 is 5.73 Å². The normalized spacial score (nSPS) is 12.5. The molecule has 0 aliphatic rings. The average molecular weight is 365 g/mol. The molecule has 0 aliphatic heterocycles. The molecule has 2 aromatic rings. The highest BCUT2D eigenvalue weighted by Crippen LogP contribution is 2.27. The molecule has 0 bridgehead atoms. The van der Waals surface area contributed by atoms with Crippen LogP contribution in [0.1, 0.15) is 17.2 Å². The molecule has 2 N–H and O–H groups in total. The van der Waals surface area contributed by atoms with Gasteiger partial charge in [-0.15, -0.1) is 0 Å². The molecule has 0 spiro atoms. The predicted octanol–water partition coefficient (Wildman–Crippen LogP) is 4.76. The molecule has 0 amide bonds. The Morgan fingerprint density at radius 1 is 1.15 bits per heavy atom. The number of hydrogen-bond acceptors (Lipinski definition) is 1. The molecule has 0 saturated heterocycles. The van der Waals surface area contributed by atoms with E-state index in [1.165, 1.54) is 12.1 Å². The summed E-state index contributed by atoms with van der Waals surface area (Å²) >= 11 is 8.64. The average Bonchev–Trinajstić information content (AvgIpc) is 2.33. The minimum atomic E-state index is -1.00. The van der Waals surface area contributed by atoms with Gasteiger partial charge in [0.05, 0.1) is 5.02 Å². The summed E-state index contributed by atoms with van der Waals surface area (Å²) in [5, 5.41) is -0.0496. The summed E-state index contributed by atoms with van der Waals surface area (Å²) in [4.78, 5) is 0. The molecular weight excluding hydrogens is 355 g/mol. The van der Waals surface area contributed by atoms with Crippen LogP contribution in [0.15, 0.2) is 34.8 Å². The van der Waals surface area contributed by atoms with E-state index < -0.39 is 23.5 Å². The van der Waals surface area contributed by atoms with Crippen LogP contribution >= 0.6 is 27.5 Å². The van der Waals surface area contributed by atoms with Gasteiger partial charge in [0.2, 0.25) is 0 Å². The fourth-order valence-corrected chi connectivity index (χ4v) is 2.55. The third-order valence-corrected chi connectivity index (χ3v) is 3.64. The van der Waals surface area contributed by atoms with E-state index in [0.717, 1.165) is 12.1 Å². The molecule has 106 valence electrons. The highest BCUT2D eigenvalue weighted by atomic mass is 79.9. The van der Waals surface area contributed by atoms with Gasteiger partial charge in [0, 0.05) is 16.1 Å². The Morgan fingerprint density at radius 3 is 2.35 bits per heavy atom. The van der Waals surface area contributed by atoms with E-state index in [1.807, 2.05) is 0 Å². The van der Waals surface area contributed by atoms with E-state index in [0.29, 0.717) is 0 Å². The topological polar surface area (TPSA) is 26.0 Å². The van der Waals surface area contributed by atoms with Crippen LogP contribution in [0.5, 0.6) is 0 Å². The maximum atomic E-state index is 13.8. The molecule has 0 saturated carbocycles. The van der Waals surface area contributed by atoms with Crippen LogP contribution in [0.4, 0.5) is 13.2 Å². The molecule has 20 heavy (non-hydrogen) atoms.